The molecule has 3 aromatic rings. The van der Waals surface area contributed by atoms with Gasteiger partial charge in [0.2, 0.25) is 5.91 Å². The molecule has 1 amide bonds. The number of nitrogen functional groups attached to an aromatic ring is 1. The van der Waals surface area contributed by atoms with Gasteiger partial charge in [0.15, 0.2) is 5.13 Å². The van der Waals surface area contributed by atoms with Crippen LogP contribution in [0.3, 0.4) is 0 Å². The molecule has 1 saturated carbocycles. The van der Waals surface area contributed by atoms with Crippen molar-refractivity contribution in [2.75, 3.05) is 5.73 Å². The minimum Gasteiger partial charge on any atom is -0.375 e. The van der Waals surface area contributed by atoms with Crippen molar-refractivity contribution < 1.29 is 4.79 Å². The first kappa shape index (κ1) is 19.3. The summed E-state index contributed by atoms with van der Waals surface area (Å²) in [5, 5.41) is 3.49. The van der Waals surface area contributed by atoms with E-state index in [0.29, 0.717) is 23.1 Å². The highest BCUT2D eigenvalue weighted by Gasteiger charge is 2.21. The van der Waals surface area contributed by atoms with Gasteiger partial charge in [-0.1, -0.05) is 48.8 Å². The van der Waals surface area contributed by atoms with Crippen LogP contribution in [0.25, 0.3) is 21.8 Å². The van der Waals surface area contributed by atoms with Crippen LogP contribution >= 0.6 is 11.3 Å². The molecule has 2 heterocycles. The molecule has 1 aliphatic rings. The Kier molecular flexibility index (Phi) is 5.71. The predicted molar refractivity (Wildman–Crippen MR) is 114 cm³/mol. The normalized spacial score (nSPS) is 14.6. The highest BCUT2D eigenvalue weighted by atomic mass is 32.1. The van der Waals surface area contributed by atoms with Crippen molar-refractivity contribution in [3.63, 3.8) is 0 Å². The molecular formula is C21H23N5O2S. The maximum Gasteiger partial charge on any atom is 0.345 e. The number of nitrogens with zero attached hydrogens (tertiary/aromatic N) is 2. The molecule has 4 rings (SSSR count). The van der Waals surface area contributed by atoms with E-state index in [-0.39, 0.29) is 11.8 Å². The van der Waals surface area contributed by atoms with Gasteiger partial charge in [-0.05, 0) is 30.5 Å². The highest BCUT2D eigenvalue weighted by Crippen LogP contribution is 2.36. The summed E-state index contributed by atoms with van der Waals surface area (Å²) in [5.41, 5.74) is 8.75. The van der Waals surface area contributed by atoms with Gasteiger partial charge in [0, 0.05) is 24.2 Å². The Morgan fingerprint density at radius 3 is 2.86 bits per heavy atom. The van der Waals surface area contributed by atoms with Crippen LogP contribution in [0, 0.1) is 5.92 Å². The Bertz CT molecular complexity index is 1070. The van der Waals surface area contributed by atoms with E-state index in [1.807, 2.05) is 24.3 Å². The smallest absolute Gasteiger partial charge is 0.345 e. The summed E-state index contributed by atoms with van der Waals surface area (Å²) in [6, 6.07) is 9.59. The van der Waals surface area contributed by atoms with Crippen molar-refractivity contribution in [1.82, 2.24) is 20.3 Å². The maximum absolute atomic E-state index is 12.4. The Morgan fingerprint density at radius 1 is 1.24 bits per heavy atom. The molecule has 1 aromatic carbocycles. The van der Waals surface area contributed by atoms with E-state index in [1.54, 1.807) is 6.07 Å². The number of nitrogens with two attached hydrogens (primary N) is 1. The quantitative estimate of drug-likeness (QED) is 0.598. The van der Waals surface area contributed by atoms with Crippen LogP contribution in [0.4, 0.5) is 5.13 Å². The molecule has 29 heavy (non-hydrogen) atoms. The number of carbonyl (C=O) groups excluding carboxylic acids is 1. The lowest BCUT2D eigenvalue weighted by Gasteiger charge is -2.20. The topological polar surface area (TPSA) is 114 Å². The SMILES string of the molecule is Nc1nc(-c2cccc(CNC(=O)C3CCCCC3)c2)c(-c2ccnc(=O)[nH]2)s1. The molecule has 0 radical (unpaired) electrons. The van der Waals surface area contributed by atoms with Gasteiger partial charge in [0.1, 0.15) is 0 Å². The first-order chi connectivity index (χ1) is 14.1. The summed E-state index contributed by atoms with van der Waals surface area (Å²) in [7, 11) is 0. The van der Waals surface area contributed by atoms with Gasteiger partial charge in [-0.15, -0.1) is 0 Å². The number of anilines is 1. The number of hydrogen-bond donors (Lipinski definition) is 3. The van der Waals surface area contributed by atoms with Crippen molar-refractivity contribution in [3.05, 3.63) is 52.6 Å². The van der Waals surface area contributed by atoms with Gasteiger partial charge in [0.05, 0.1) is 16.3 Å². The van der Waals surface area contributed by atoms with Gasteiger partial charge < -0.3 is 16.0 Å². The number of rotatable bonds is 5. The molecule has 0 spiro atoms. The highest BCUT2D eigenvalue weighted by molar-refractivity contribution is 7.19. The third kappa shape index (κ3) is 4.54. The zero-order valence-electron chi connectivity index (χ0n) is 16.0. The molecule has 2 aromatic heterocycles. The first-order valence-corrected chi connectivity index (χ1v) is 10.6. The zero-order valence-corrected chi connectivity index (χ0v) is 16.8. The van der Waals surface area contributed by atoms with Gasteiger partial charge in [-0.25, -0.2) is 14.8 Å². The summed E-state index contributed by atoms with van der Waals surface area (Å²) in [6.45, 7) is 0.476. The number of H-pyrrole nitrogens is 1. The number of nitrogens with one attached hydrogen (secondary N) is 2. The minimum absolute atomic E-state index is 0.139. The van der Waals surface area contributed by atoms with Crippen LogP contribution in [-0.2, 0) is 11.3 Å². The first-order valence-electron chi connectivity index (χ1n) is 9.79. The monoisotopic (exact) mass is 409 g/mol. The van der Waals surface area contributed by atoms with Crippen LogP contribution in [0.15, 0.2) is 41.3 Å². The predicted octanol–water partition coefficient (Wildman–Crippen LogP) is 3.34. The number of benzene rings is 1. The molecular weight excluding hydrogens is 386 g/mol. The second-order valence-corrected chi connectivity index (χ2v) is 8.30. The molecule has 4 N–H and O–H groups in total. The van der Waals surface area contributed by atoms with Crippen molar-refractivity contribution in [2.24, 2.45) is 5.92 Å². The fourth-order valence-corrected chi connectivity index (χ4v) is 4.58. The van der Waals surface area contributed by atoms with E-state index in [2.05, 4.69) is 20.3 Å². The van der Waals surface area contributed by atoms with Gasteiger partial charge in [-0.3, -0.25) is 4.79 Å². The second kappa shape index (κ2) is 8.57. The summed E-state index contributed by atoms with van der Waals surface area (Å²) in [4.78, 5) is 35.7. The number of carbonyl (C=O) groups is 1. The van der Waals surface area contributed by atoms with Crippen molar-refractivity contribution >= 4 is 22.4 Å². The Morgan fingerprint density at radius 2 is 2.07 bits per heavy atom. The lowest BCUT2D eigenvalue weighted by Crippen LogP contribution is -2.31. The Labute approximate surface area is 172 Å². The molecule has 7 nitrogen and oxygen atoms in total. The number of aromatic amines is 1. The van der Waals surface area contributed by atoms with Gasteiger partial charge in [-0.2, -0.15) is 0 Å². The van der Waals surface area contributed by atoms with Crippen LogP contribution in [0.2, 0.25) is 0 Å². The fourth-order valence-electron chi connectivity index (χ4n) is 3.74. The lowest BCUT2D eigenvalue weighted by molar-refractivity contribution is -0.126. The molecule has 0 bridgehead atoms. The standard InChI is InChI=1S/C21H23N5O2S/c22-20-26-17(18(29-20)16-9-10-23-21(28)25-16)15-8-4-5-13(11-15)12-24-19(27)14-6-2-1-3-7-14/h4-5,8-11,14H,1-3,6-7,12H2,(H2,22,26)(H,24,27)(H,23,25,28). The molecule has 0 aliphatic heterocycles. The fraction of sp³-hybridized carbons (Fsp3) is 0.333. The van der Waals surface area contributed by atoms with Crippen LogP contribution in [0.1, 0.15) is 37.7 Å². The summed E-state index contributed by atoms with van der Waals surface area (Å²) in [6.07, 6.45) is 6.94. The average Bonchev–Trinajstić information content (AvgIpc) is 3.15. The van der Waals surface area contributed by atoms with E-state index in [1.165, 1.54) is 24.0 Å². The molecule has 0 atom stereocenters. The zero-order chi connectivity index (χ0) is 20.2. The molecule has 8 heteroatoms. The number of aromatic nitrogens is 3. The second-order valence-electron chi connectivity index (χ2n) is 7.27. The number of hydrogen-bond acceptors (Lipinski definition) is 6. The van der Waals surface area contributed by atoms with Crippen molar-refractivity contribution in [2.45, 2.75) is 38.6 Å². The lowest BCUT2D eigenvalue weighted by atomic mass is 9.88. The minimum atomic E-state index is -0.417. The average molecular weight is 410 g/mol. The van der Waals surface area contributed by atoms with Crippen LogP contribution < -0.4 is 16.7 Å². The van der Waals surface area contributed by atoms with E-state index in [0.717, 1.165) is 41.7 Å². The molecule has 0 saturated heterocycles. The van der Waals surface area contributed by atoms with Crippen molar-refractivity contribution in [1.29, 1.82) is 0 Å². The Balaban J connectivity index is 1.55. The van der Waals surface area contributed by atoms with E-state index < -0.39 is 5.69 Å². The van der Waals surface area contributed by atoms with Crippen LogP contribution in [0.5, 0.6) is 0 Å². The van der Waals surface area contributed by atoms with Gasteiger partial charge in [0.25, 0.3) is 0 Å². The summed E-state index contributed by atoms with van der Waals surface area (Å²) >= 11 is 1.31. The molecule has 1 fully saturated rings. The van der Waals surface area contributed by atoms with E-state index >= 15 is 0 Å². The van der Waals surface area contributed by atoms with Gasteiger partial charge >= 0.3 is 5.69 Å². The summed E-state index contributed by atoms with van der Waals surface area (Å²) in [5.74, 6) is 0.281. The molecule has 0 unspecified atom stereocenters. The molecule has 1 aliphatic carbocycles. The number of amides is 1. The third-order valence-corrected chi connectivity index (χ3v) is 6.12. The van der Waals surface area contributed by atoms with E-state index in [9.17, 15) is 9.59 Å². The summed E-state index contributed by atoms with van der Waals surface area (Å²) < 4.78 is 0. The van der Waals surface area contributed by atoms with Crippen LogP contribution in [-0.4, -0.2) is 20.9 Å². The molecule has 150 valence electrons. The maximum atomic E-state index is 12.4. The third-order valence-electron chi connectivity index (χ3n) is 5.21. The largest absolute Gasteiger partial charge is 0.375 e. The van der Waals surface area contributed by atoms with E-state index in [4.69, 9.17) is 5.73 Å². The van der Waals surface area contributed by atoms with Crippen molar-refractivity contribution in [3.8, 4) is 21.8 Å². The number of thiazole rings is 1. The Hall–Kier alpha value is -3.00.